The lowest BCUT2D eigenvalue weighted by Gasteiger charge is -2.28. The second kappa shape index (κ2) is 4.52. The molecule has 96 valence electrons. The molecular weight excluding hydrogens is 226 g/mol. The molecule has 4 nitrogen and oxygen atoms in total. The minimum absolute atomic E-state index is 0.217. The first-order chi connectivity index (χ1) is 8.74. The molecule has 1 saturated heterocycles. The average molecular weight is 245 g/mol. The van der Waals surface area contributed by atoms with Crippen molar-refractivity contribution in [1.29, 1.82) is 0 Å². The highest BCUT2D eigenvalue weighted by Crippen LogP contribution is 2.31. The van der Waals surface area contributed by atoms with Crippen molar-refractivity contribution in [2.24, 2.45) is 0 Å². The zero-order valence-electron chi connectivity index (χ0n) is 10.5. The summed E-state index contributed by atoms with van der Waals surface area (Å²) in [6.07, 6.45) is 5.34. The van der Waals surface area contributed by atoms with Gasteiger partial charge >= 0.3 is 0 Å². The summed E-state index contributed by atoms with van der Waals surface area (Å²) in [5.41, 5.74) is 8.68. The molecule has 1 aliphatic carbocycles. The third-order valence-corrected chi connectivity index (χ3v) is 3.89. The van der Waals surface area contributed by atoms with E-state index in [4.69, 9.17) is 5.73 Å². The lowest BCUT2D eigenvalue weighted by Crippen LogP contribution is -2.28. The summed E-state index contributed by atoms with van der Waals surface area (Å²) in [6.45, 7) is 0.825. The summed E-state index contributed by atoms with van der Waals surface area (Å²) >= 11 is 0. The zero-order chi connectivity index (χ0) is 12.5. The van der Waals surface area contributed by atoms with E-state index in [9.17, 15) is 4.79 Å². The SMILES string of the molecule is Nc1ccc(N2CCCC2=O)cc1NC1CCC1. The second-order valence-corrected chi connectivity index (χ2v) is 5.19. The van der Waals surface area contributed by atoms with Crippen LogP contribution >= 0.6 is 0 Å². The molecule has 2 aliphatic rings. The van der Waals surface area contributed by atoms with Gasteiger partial charge in [-0.25, -0.2) is 0 Å². The lowest BCUT2D eigenvalue weighted by atomic mass is 9.93. The van der Waals surface area contributed by atoms with Crippen molar-refractivity contribution in [2.75, 3.05) is 22.5 Å². The maximum absolute atomic E-state index is 11.7. The number of hydrogen-bond acceptors (Lipinski definition) is 3. The molecule has 1 aromatic rings. The number of nitrogen functional groups attached to an aromatic ring is 1. The molecule has 1 amide bonds. The van der Waals surface area contributed by atoms with E-state index in [2.05, 4.69) is 5.32 Å². The Morgan fingerprint density at radius 3 is 2.72 bits per heavy atom. The fourth-order valence-corrected chi connectivity index (χ4v) is 2.53. The molecule has 2 fully saturated rings. The van der Waals surface area contributed by atoms with Gasteiger partial charge in [-0.15, -0.1) is 0 Å². The number of amides is 1. The van der Waals surface area contributed by atoms with E-state index in [0.717, 1.165) is 30.0 Å². The van der Waals surface area contributed by atoms with Crippen LogP contribution in [0.5, 0.6) is 0 Å². The van der Waals surface area contributed by atoms with Gasteiger partial charge in [-0.2, -0.15) is 0 Å². The quantitative estimate of drug-likeness (QED) is 0.804. The highest BCUT2D eigenvalue weighted by Gasteiger charge is 2.23. The predicted octanol–water partition coefficient (Wildman–Crippen LogP) is 2.36. The molecule has 0 unspecified atom stereocenters. The van der Waals surface area contributed by atoms with Crippen molar-refractivity contribution >= 4 is 23.0 Å². The van der Waals surface area contributed by atoms with Crippen molar-refractivity contribution < 1.29 is 4.79 Å². The number of nitrogens with one attached hydrogen (secondary N) is 1. The summed E-state index contributed by atoms with van der Waals surface area (Å²) in [5.74, 6) is 0.217. The van der Waals surface area contributed by atoms with Crippen molar-refractivity contribution in [3.63, 3.8) is 0 Å². The number of anilines is 3. The van der Waals surface area contributed by atoms with Crippen molar-refractivity contribution in [3.05, 3.63) is 18.2 Å². The molecule has 1 aliphatic heterocycles. The Bertz CT molecular complexity index is 468. The third-order valence-electron chi connectivity index (χ3n) is 3.89. The Labute approximate surface area is 107 Å². The van der Waals surface area contributed by atoms with Crippen LogP contribution in [0.3, 0.4) is 0 Å². The smallest absolute Gasteiger partial charge is 0.227 e. The van der Waals surface area contributed by atoms with Crippen molar-refractivity contribution in [3.8, 4) is 0 Å². The summed E-state index contributed by atoms with van der Waals surface area (Å²) in [4.78, 5) is 13.6. The normalized spacial score (nSPS) is 20.0. The van der Waals surface area contributed by atoms with Gasteiger partial charge in [-0.05, 0) is 43.9 Å². The largest absolute Gasteiger partial charge is 0.397 e. The van der Waals surface area contributed by atoms with Gasteiger partial charge in [0, 0.05) is 24.7 Å². The molecule has 0 radical (unpaired) electrons. The van der Waals surface area contributed by atoms with Crippen LogP contribution in [-0.2, 0) is 4.79 Å². The first-order valence-electron chi connectivity index (χ1n) is 6.70. The van der Waals surface area contributed by atoms with E-state index in [1.54, 1.807) is 0 Å². The van der Waals surface area contributed by atoms with E-state index in [-0.39, 0.29) is 5.91 Å². The number of hydrogen-bond donors (Lipinski definition) is 2. The number of rotatable bonds is 3. The Morgan fingerprint density at radius 2 is 2.11 bits per heavy atom. The Hall–Kier alpha value is -1.71. The second-order valence-electron chi connectivity index (χ2n) is 5.19. The van der Waals surface area contributed by atoms with E-state index >= 15 is 0 Å². The Kier molecular flexibility index (Phi) is 2.86. The number of carbonyl (C=O) groups excluding carboxylic acids is 1. The maximum atomic E-state index is 11.7. The lowest BCUT2D eigenvalue weighted by molar-refractivity contribution is -0.117. The number of nitrogens with zero attached hydrogens (tertiary/aromatic N) is 1. The topological polar surface area (TPSA) is 58.4 Å². The highest BCUT2D eigenvalue weighted by atomic mass is 16.2. The Morgan fingerprint density at radius 1 is 1.28 bits per heavy atom. The molecular formula is C14H19N3O. The summed E-state index contributed by atoms with van der Waals surface area (Å²) in [5, 5.41) is 3.46. The monoisotopic (exact) mass is 245 g/mol. The van der Waals surface area contributed by atoms with Gasteiger partial charge < -0.3 is 16.0 Å². The van der Waals surface area contributed by atoms with Crippen molar-refractivity contribution in [1.82, 2.24) is 0 Å². The van der Waals surface area contributed by atoms with Gasteiger partial charge in [-0.1, -0.05) is 0 Å². The van der Waals surface area contributed by atoms with Gasteiger partial charge in [0.05, 0.1) is 11.4 Å². The Balaban J connectivity index is 1.82. The fourth-order valence-electron chi connectivity index (χ4n) is 2.53. The molecule has 0 spiro atoms. The third kappa shape index (κ3) is 2.03. The molecule has 3 rings (SSSR count). The van der Waals surface area contributed by atoms with Gasteiger partial charge in [0.25, 0.3) is 0 Å². The average Bonchev–Trinajstić information content (AvgIpc) is 2.72. The predicted molar refractivity (Wildman–Crippen MR) is 73.7 cm³/mol. The van der Waals surface area contributed by atoms with Crippen LogP contribution in [0.4, 0.5) is 17.1 Å². The zero-order valence-corrected chi connectivity index (χ0v) is 10.5. The molecule has 0 bridgehead atoms. The van der Waals surface area contributed by atoms with Gasteiger partial charge in [0.15, 0.2) is 0 Å². The van der Waals surface area contributed by atoms with Crippen LogP contribution in [-0.4, -0.2) is 18.5 Å². The number of carbonyl (C=O) groups is 1. The molecule has 1 heterocycles. The van der Waals surface area contributed by atoms with E-state index in [1.165, 1.54) is 19.3 Å². The number of nitrogens with two attached hydrogens (primary N) is 1. The van der Waals surface area contributed by atoms with Gasteiger partial charge in [0.1, 0.15) is 0 Å². The maximum Gasteiger partial charge on any atom is 0.227 e. The first-order valence-corrected chi connectivity index (χ1v) is 6.70. The minimum Gasteiger partial charge on any atom is -0.397 e. The van der Waals surface area contributed by atoms with E-state index < -0.39 is 0 Å². The fraction of sp³-hybridized carbons (Fsp3) is 0.500. The van der Waals surface area contributed by atoms with E-state index in [1.807, 2.05) is 23.1 Å². The molecule has 18 heavy (non-hydrogen) atoms. The minimum atomic E-state index is 0.217. The molecule has 1 aromatic carbocycles. The summed E-state index contributed by atoms with van der Waals surface area (Å²) in [7, 11) is 0. The molecule has 4 heteroatoms. The molecule has 0 aromatic heterocycles. The first kappa shape index (κ1) is 11.4. The highest BCUT2D eigenvalue weighted by molar-refractivity contribution is 5.96. The number of benzene rings is 1. The van der Waals surface area contributed by atoms with Gasteiger partial charge in [-0.3, -0.25) is 4.79 Å². The standard InChI is InChI=1S/C14H19N3O/c15-12-7-6-11(17-8-2-5-14(17)18)9-13(12)16-10-3-1-4-10/h6-7,9-10,16H,1-5,8,15H2. The van der Waals surface area contributed by atoms with Crippen LogP contribution in [0.2, 0.25) is 0 Å². The molecule has 3 N–H and O–H groups in total. The van der Waals surface area contributed by atoms with Gasteiger partial charge in [0.2, 0.25) is 5.91 Å². The van der Waals surface area contributed by atoms with Crippen LogP contribution in [0.25, 0.3) is 0 Å². The van der Waals surface area contributed by atoms with Crippen LogP contribution < -0.4 is 16.0 Å². The summed E-state index contributed by atoms with van der Waals surface area (Å²) < 4.78 is 0. The van der Waals surface area contributed by atoms with E-state index in [0.29, 0.717) is 12.5 Å². The van der Waals surface area contributed by atoms with Crippen LogP contribution in [0.15, 0.2) is 18.2 Å². The van der Waals surface area contributed by atoms with Crippen LogP contribution in [0.1, 0.15) is 32.1 Å². The molecule has 1 saturated carbocycles. The van der Waals surface area contributed by atoms with Crippen molar-refractivity contribution in [2.45, 2.75) is 38.1 Å². The molecule has 0 atom stereocenters. The van der Waals surface area contributed by atoms with Crippen LogP contribution in [0, 0.1) is 0 Å². The summed E-state index contributed by atoms with van der Waals surface area (Å²) in [6, 6.07) is 6.39.